The maximum atomic E-state index is 12.8. The number of hydrogen-bond donors (Lipinski definition) is 1. The Bertz CT molecular complexity index is 1390. The Morgan fingerprint density at radius 1 is 1.06 bits per heavy atom. The van der Waals surface area contributed by atoms with Crippen LogP contribution < -0.4 is 4.74 Å². The number of aryl methyl sites for hydroxylation is 6. The molecule has 2 aromatic carbocycles. The van der Waals surface area contributed by atoms with E-state index in [4.69, 9.17) is 14.1 Å². The number of ether oxygens (including phenoxy) is 1. The standard InChI is InChI=1S/C27H30N4O5/c1-5-31-24-12-8-20(14-23(24)29-25(31)13-11-22-18(3)35-19(4)28-22)15-30(16-26(32)33)27(34)36-21-9-6-17(2)7-10-21/h6-10,12,14H,5,11,13,15-16H2,1-4H3,(H,32,33). The highest BCUT2D eigenvalue weighted by atomic mass is 16.6. The molecule has 0 saturated heterocycles. The number of rotatable bonds is 9. The number of aliphatic carboxylic acids is 1. The van der Waals surface area contributed by atoms with E-state index in [1.807, 2.05) is 51.1 Å². The van der Waals surface area contributed by atoms with Gasteiger partial charge >= 0.3 is 12.1 Å². The molecule has 0 spiro atoms. The number of carbonyl (C=O) groups is 2. The summed E-state index contributed by atoms with van der Waals surface area (Å²) >= 11 is 0. The van der Waals surface area contributed by atoms with E-state index in [2.05, 4.69) is 16.5 Å². The number of imidazole rings is 1. The highest BCUT2D eigenvalue weighted by molar-refractivity contribution is 5.79. The van der Waals surface area contributed by atoms with Crippen molar-refractivity contribution >= 4 is 23.1 Å². The fourth-order valence-corrected chi connectivity index (χ4v) is 4.24. The predicted molar refractivity (Wildman–Crippen MR) is 134 cm³/mol. The largest absolute Gasteiger partial charge is 0.480 e. The number of carboxylic acid groups (broad SMARTS) is 1. The Labute approximate surface area is 209 Å². The molecule has 9 nitrogen and oxygen atoms in total. The number of carbonyl (C=O) groups excluding carboxylic acids is 1. The molecule has 36 heavy (non-hydrogen) atoms. The Kier molecular flexibility index (Phi) is 7.38. The number of amides is 1. The zero-order valence-electron chi connectivity index (χ0n) is 20.9. The summed E-state index contributed by atoms with van der Waals surface area (Å²) in [5.74, 6) is 1.66. The van der Waals surface area contributed by atoms with Crippen molar-refractivity contribution in [3.8, 4) is 5.75 Å². The van der Waals surface area contributed by atoms with Crippen LogP contribution in [0.3, 0.4) is 0 Å². The van der Waals surface area contributed by atoms with Crippen LogP contribution in [-0.4, -0.2) is 43.1 Å². The second kappa shape index (κ2) is 10.6. The summed E-state index contributed by atoms with van der Waals surface area (Å²) in [6.45, 7) is 8.11. The van der Waals surface area contributed by atoms with Gasteiger partial charge in [-0.15, -0.1) is 0 Å². The summed E-state index contributed by atoms with van der Waals surface area (Å²) in [7, 11) is 0. The van der Waals surface area contributed by atoms with Crippen LogP contribution in [-0.2, 0) is 30.7 Å². The molecule has 4 aromatic rings. The fourth-order valence-electron chi connectivity index (χ4n) is 4.24. The number of aromatic nitrogens is 3. The van der Waals surface area contributed by atoms with Crippen molar-refractivity contribution in [2.75, 3.05) is 6.54 Å². The molecule has 0 saturated carbocycles. The van der Waals surface area contributed by atoms with Gasteiger partial charge in [0.2, 0.25) is 0 Å². The van der Waals surface area contributed by atoms with Gasteiger partial charge in [0.25, 0.3) is 0 Å². The molecule has 2 heterocycles. The van der Waals surface area contributed by atoms with Gasteiger partial charge in [-0.1, -0.05) is 23.8 Å². The van der Waals surface area contributed by atoms with Crippen LogP contribution in [0.15, 0.2) is 46.9 Å². The quantitative estimate of drug-likeness (QED) is 0.357. The Balaban J connectivity index is 1.53. The van der Waals surface area contributed by atoms with E-state index in [1.54, 1.807) is 12.1 Å². The summed E-state index contributed by atoms with van der Waals surface area (Å²) < 4.78 is 13.1. The molecule has 0 fully saturated rings. The van der Waals surface area contributed by atoms with Crippen LogP contribution in [0, 0.1) is 20.8 Å². The average Bonchev–Trinajstić information content (AvgIpc) is 3.35. The molecule has 0 aliphatic carbocycles. The lowest BCUT2D eigenvalue weighted by Crippen LogP contribution is -2.37. The van der Waals surface area contributed by atoms with Crippen molar-refractivity contribution in [2.45, 2.75) is 53.6 Å². The van der Waals surface area contributed by atoms with Crippen molar-refractivity contribution < 1.29 is 23.8 Å². The number of fused-ring (bicyclic) bond motifs is 1. The SMILES string of the molecule is CCn1c(CCc2nc(C)oc2C)nc2cc(CN(CC(=O)O)C(=O)Oc3ccc(C)cc3)ccc21. The van der Waals surface area contributed by atoms with Gasteiger partial charge in [-0.05, 0) is 50.6 Å². The van der Waals surface area contributed by atoms with Gasteiger partial charge in [0.05, 0.1) is 16.7 Å². The third-order valence-corrected chi connectivity index (χ3v) is 5.98. The van der Waals surface area contributed by atoms with Crippen LogP contribution in [0.1, 0.15) is 41.2 Å². The van der Waals surface area contributed by atoms with Crippen molar-refractivity contribution in [1.82, 2.24) is 19.4 Å². The van der Waals surface area contributed by atoms with Gasteiger partial charge in [-0.25, -0.2) is 14.8 Å². The third kappa shape index (κ3) is 5.73. The van der Waals surface area contributed by atoms with Crippen LogP contribution in [0.25, 0.3) is 11.0 Å². The molecule has 1 N–H and O–H groups in total. The number of benzene rings is 2. The molecule has 188 valence electrons. The molecule has 0 aliphatic heterocycles. The van der Waals surface area contributed by atoms with Crippen molar-refractivity contribution in [3.05, 3.63) is 76.8 Å². The highest BCUT2D eigenvalue weighted by Crippen LogP contribution is 2.22. The summed E-state index contributed by atoms with van der Waals surface area (Å²) in [5, 5.41) is 9.35. The molecule has 0 aliphatic rings. The minimum Gasteiger partial charge on any atom is -0.480 e. The predicted octanol–water partition coefficient (Wildman–Crippen LogP) is 4.84. The molecule has 0 atom stereocenters. The van der Waals surface area contributed by atoms with Gasteiger partial charge < -0.3 is 18.8 Å². The fraction of sp³-hybridized carbons (Fsp3) is 0.333. The van der Waals surface area contributed by atoms with Crippen molar-refractivity contribution in [1.29, 1.82) is 0 Å². The molecular formula is C27H30N4O5. The van der Waals surface area contributed by atoms with Crippen LogP contribution in [0.5, 0.6) is 5.75 Å². The molecule has 2 aromatic heterocycles. The molecule has 0 bridgehead atoms. The maximum Gasteiger partial charge on any atom is 0.416 e. The first kappa shape index (κ1) is 25.0. The number of nitrogens with zero attached hydrogens (tertiary/aromatic N) is 4. The van der Waals surface area contributed by atoms with Gasteiger partial charge in [0, 0.05) is 32.9 Å². The van der Waals surface area contributed by atoms with Gasteiger partial charge in [0.1, 0.15) is 23.9 Å². The van der Waals surface area contributed by atoms with Crippen molar-refractivity contribution in [3.63, 3.8) is 0 Å². The number of hydrogen-bond acceptors (Lipinski definition) is 6. The molecular weight excluding hydrogens is 460 g/mol. The summed E-state index contributed by atoms with van der Waals surface area (Å²) in [6, 6.07) is 12.7. The van der Waals surface area contributed by atoms with E-state index < -0.39 is 18.6 Å². The van der Waals surface area contributed by atoms with Crippen LogP contribution in [0.4, 0.5) is 4.79 Å². The zero-order chi connectivity index (χ0) is 25.8. The first-order valence-corrected chi connectivity index (χ1v) is 11.9. The summed E-state index contributed by atoms with van der Waals surface area (Å²) in [5.41, 5.74) is 4.50. The average molecular weight is 491 g/mol. The zero-order valence-corrected chi connectivity index (χ0v) is 20.9. The lowest BCUT2D eigenvalue weighted by molar-refractivity contribution is -0.138. The van der Waals surface area contributed by atoms with E-state index in [0.717, 1.165) is 57.3 Å². The van der Waals surface area contributed by atoms with E-state index in [0.29, 0.717) is 18.1 Å². The van der Waals surface area contributed by atoms with Gasteiger partial charge in [0.15, 0.2) is 5.89 Å². The van der Waals surface area contributed by atoms with Gasteiger partial charge in [-0.2, -0.15) is 0 Å². The lowest BCUT2D eigenvalue weighted by atomic mass is 10.2. The van der Waals surface area contributed by atoms with Crippen LogP contribution >= 0.6 is 0 Å². The van der Waals surface area contributed by atoms with Gasteiger partial charge in [-0.3, -0.25) is 9.69 Å². The number of oxazole rings is 1. The molecule has 4 rings (SSSR count). The Hall–Kier alpha value is -4.14. The highest BCUT2D eigenvalue weighted by Gasteiger charge is 2.20. The van der Waals surface area contributed by atoms with E-state index in [1.165, 1.54) is 0 Å². The number of carboxylic acids is 1. The minimum absolute atomic E-state index is 0.0820. The van der Waals surface area contributed by atoms with Crippen molar-refractivity contribution in [2.24, 2.45) is 0 Å². The molecule has 9 heteroatoms. The smallest absolute Gasteiger partial charge is 0.416 e. The minimum atomic E-state index is -1.12. The first-order chi connectivity index (χ1) is 17.2. The summed E-state index contributed by atoms with van der Waals surface area (Å²) in [4.78, 5) is 34.7. The first-order valence-electron chi connectivity index (χ1n) is 11.9. The summed E-state index contributed by atoms with van der Waals surface area (Å²) in [6.07, 6.45) is 0.703. The van der Waals surface area contributed by atoms with E-state index >= 15 is 0 Å². The Morgan fingerprint density at radius 3 is 2.44 bits per heavy atom. The second-order valence-corrected chi connectivity index (χ2v) is 8.76. The normalized spacial score (nSPS) is 11.1. The maximum absolute atomic E-state index is 12.8. The lowest BCUT2D eigenvalue weighted by Gasteiger charge is -2.20. The van der Waals surface area contributed by atoms with Crippen LogP contribution in [0.2, 0.25) is 0 Å². The van der Waals surface area contributed by atoms with E-state index in [9.17, 15) is 14.7 Å². The second-order valence-electron chi connectivity index (χ2n) is 8.76. The third-order valence-electron chi connectivity index (χ3n) is 5.98. The topological polar surface area (TPSA) is 111 Å². The Morgan fingerprint density at radius 2 is 1.81 bits per heavy atom. The molecule has 0 unspecified atom stereocenters. The van der Waals surface area contributed by atoms with E-state index in [-0.39, 0.29) is 6.54 Å². The molecule has 1 amide bonds. The molecule has 0 radical (unpaired) electrons. The monoisotopic (exact) mass is 490 g/mol.